The second-order valence-electron chi connectivity index (χ2n) is 6.02. The van der Waals surface area contributed by atoms with Gasteiger partial charge in [0.25, 0.3) is 5.91 Å². The molecule has 1 amide bonds. The maximum Gasteiger partial charge on any atom is 0.435 e. The fraction of sp³-hybridized carbons (Fsp3) is 0.167. The highest BCUT2D eigenvalue weighted by Crippen LogP contribution is 2.37. The molecule has 0 spiro atoms. The lowest BCUT2D eigenvalue weighted by Gasteiger charge is -2.02. The number of aromatic nitrogens is 3. The second-order valence-corrected chi connectivity index (χ2v) is 7.91. The van der Waals surface area contributed by atoms with Gasteiger partial charge in [0.05, 0.1) is 17.7 Å². The van der Waals surface area contributed by atoms with Crippen molar-refractivity contribution in [3.05, 3.63) is 46.3 Å². The first-order chi connectivity index (χ1) is 13.8. The summed E-state index contributed by atoms with van der Waals surface area (Å²) in [6, 6.07) is 8.50. The Morgan fingerprint density at radius 1 is 1.24 bits per heavy atom. The highest BCUT2D eigenvalue weighted by molar-refractivity contribution is 7.20. The Morgan fingerprint density at radius 2 is 1.97 bits per heavy atom. The molecule has 11 heteroatoms. The number of methoxy groups -OCH3 is 1. The number of thiophene rings is 1. The van der Waals surface area contributed by atoms with Gasteiger partial charge < -0.3 is 4.74 Å². The third-order valence-corrected chi connectivity index (χ3v) is 6.07. The molecule has 4 aromatic rings. The van der Waals surface area contributed by atoms with Crippen molar-refractivity contribution < 1.29 is 22.7 Å². The van der Waals surface area contributed by atoms with E-state index in [1.807, 2.05) is 12.1 Å². The monoisotopic (exact) mass is 438 g/mol. The highest BCUT2D eigenvalue weighted by Gasteiger charge is 2.37. The van der Waals surface area contributed by atoms with Crippen LogP contribution in [0, 0.1) is 0 Å². The lowest BCUT2D eigenvalue weighted by atomic mass is 10.2. The Kier molecular flexibility index (Phi) is 4.79. The fourth-order valence-corrected chi connectivity index (χ4v) is 4.43. The number of carbonyl (C=O) groups excluding carboxylic acids is 1. The third-order valence-electron chi connectivity index (χ3n) is 4.11. The summed E-state index contributed by atoms with van der Waals surface area (Å²) >= 11 is 2.18. The van der Waals surface area contributed by atoms with Gasteiger partial charge in [0.2, 0.25) is 0 Å². The Balaban J connectivity index is 1.56. The predicted octanol–water partition coefficient (Wildman–Crippen LogP) is 5.04. The van der Waals surface area contributed by atoms with E-state index in [1.165, 1.54) is 24.5 Å². The van der Waals surface area contributed by atoms with Gasteiger partial charge in [0, 0.05) is 23.4 Å². The minimum absolute atomic E-state index is 0.0896. The van der Waals surface area contributed by atoms with Gasteiger partial charge in [0.1, 0.15) is 10.6 Å². The van der Waals surface area contributed by atoms with Crippen LogP contribution in [-0.4, -0.2) is 27.8 Å². The lowest BCUT2D eigenvalue weighted by Crippen LogP contribution is -2.10. The number of alkyl halides is 3. The minimum Gasteiger partial charge on any atom is -0.497 e. The molecule has 6 nitrogen and oxygen atoms in total. The number of carbonyl (C=O) groups is 1. The smallest absolute Gasteiger partial charge is 0.435 e. The van der Waals surface area contributed by atoms with Gasteiger partial charge >= 0.3 is 6.18 Å². The molecule has 3 aromatic heterocycles. The van der Waals surface area contributed by atoms with E-state index in [4.69, 9.17) is 4.74 Å². The first-order valence-corrected chi connectivity index (χ1v) is 9.91. The Hall–Kier alpha value is -2.92. The third kappa shape index (κ3) is 3.70. The van der Waals surface area contributed by atoms with Crippen molar-refractivity contribution in [3.8, 4) is 17.0 Å². The number of amides is 1. The normalized spacial score (nSPS) is 11.8. The van der Waals surface area contributed by atoms with Gasteiger partial charge in [-0.2, -0.15) is 18.3 Å². The minimum atomic E-state index is -4.59. The number of nitrogens with zero attached hydrogens (tertiary/aromatic N) is 3. The van der Waals surface area contributed by atoms with Crippen LogP contribution in [0.3, 0.4) is 0 Å². The molecule has 1 N–H and O–H groups in total. The molecule has 0 saturated heterocycles. The number of rotatable bonds is 4. The van der Waals surface area contributed by atoms with Crippen molar-refractivity contribution in [2.75, 3.05) is 12.4 Å². The highest BCUT2D eigenvalue weighted by atomic mass is 32.1. The number of ether oxygens (including phenoxy) is 1. The van der Waals surface area contributed by atoms with Crippen molar-refractivity contribution in [1.29, 1.82) is 0 Å². The number of halogens is 3. The number of nitrogens with one attached hydrogen (secondary N) is 1. The van der Waals surface area contributed by atoms with Gasteiger partial charge in [-0.1, -0.05) is 0 Å². The summed E-state index contributed by atoms with van der Waals surface area (Å²) in [6.45, 7) is 0. The summed E-state index contributed by atoms with van der Waals surface area (Å²) in [5.41, 5.74) is 0.527. The van der Waals surface area contributed by atoms with Crippen molar-refractivity contribution >= 4 is 43.9 Å². The molecular formula is C18H13F3N4O2S2. The first kappa shape index (κ1) is 19.4. The average molecular weight is 438 g/mol. The molecule has 0 radical (unpaired) electrons. The topological polar surface area (TPSA) is 69.0 Å². The number of hydrogen-bond acceptors (Lipinski definition) is 6. The zero-order valence-corrected chi connectivity index (χ0v) is 16.7. The van der Waals surface area contributed by atoms with Crippen LogP contribution in [0.2, 0.25) is 0 Å². The Bertz CT molecular complexity index is 1190. The van der Waals surface area contributed by atoms with Crippen LogP contribution in [0.4, 0.5) is 18.3 Å². The van der Waals surface area contributed by atoms with E-state index in [2.05, 4.69) is 15.4 Å². The van der Waals surface area contributed by atoms with Crippen LogP contribution in [0.5, 0.6) is 5.75 Å². The van der Waals surface area contributed by atoms with Crippen molar-refractivity contribution in [1.82, 2.24) is 14.8 Å². The molecule has 0 bridgehead atoms. The first-order valence-electron chi connectivity index (χ1n) is 8.21. The number of anilines is 1. The number of fused-ring (bicyclic) bond motifs is 1. The molecule has 4 rings (SSSR count). The Morgan fingerprint density at radius 3 is 2.62 bits per heavy atom. The summed E-state index contributed by atoms with van der Waals surface area (Å²) in [5, 5.41) is 8.20. The maximum atomic E-state index is 13.1. The number of benzene rings is 1. The van der Waals surface area contributed by atoms with Crippen LogP contribution >= 0.6 is 22.7 Å². The van der Waals surface area contributed by atoms with Crippen LogP contribution in [0.1, 0.15) is 15.4 Å². The number of aryl methyl sites for hydroxylation is 1. The fourth-order valence-electron chi connectivity index (χ4n) is 2.75. The molecule has 0 saturated carbocycles. The SMILES string of the molecule is COc1ccc(-c2csc(NC(=O)c3cc4c(C(F)(F)F)nn(C)c4s3)n2)cc1. The van der Waals surface area contributed by atoms with Gasteiger partial charge in [-0.3, -0.25) is 14.8 Å². The molecule has 29 heavy (non-hydrogen) atoms. The van der Waals surface area contributed by atoms with Gasteiger partial charge in [-0.15, -0.1) is 22.7 Å². The van der Waals surface area contributed by atoms with Gasteiger partial charge in [-0.25, -0.2) is 4.98 Å². The molecule has 150 valence electrons. The van der Waals surface area contributed by atoms with Crippen molar-refractivity contribution in [2.24, 2.45) is 7.05 Å². The molecule has 0 aliphatic carbocycles. The quantitative estimate of drug-likeness (QED) is 0.485. The van der Waals surface area contributed by atoms with Crippen LogP contribution < -0.4 is 10.1 Å². The molecule has 0 fully saturated rings. The lowest BCUT2D eigenvalue weighted by molar-refractivity contribution is -0.140. The number of thiazole rings is 1. The maximum absolute atomic E-state index is 13.1. The molecular weight excluding hydrogens is 425 g/mol. The van der Waals surface area contributed by atoms with Crippen molar-refractivity contribution in [2.45, 2.75) is 6.18 Å². The summed E-state index contributed by atoms with van der Waals surface area (Å²) < 4.78 is 45.6. The molecule has 0 aliphatic rings. The van der Waals surface area contributed by atoms with E-state index in [1.54, 1.807) is 24.6 Å². The van der Waals surface area contributed by atoms with Crippen LogP contribution in [0.25, 0.3) is 21.5 Å². The largest absolute Gasteiger partial charge is 0.497 e. The van der Waals surface area contributed by atoms with E-state index in [-0.39, 0.29) is 15.1 Å². The van der Waals surface area contributed by atoms with Gasteiger partial charge in [-0.05, 0) is 30.3 Å². The van der Waals surface area contributed by atoms with Crippen LogP contribution in [-0.2, 0) is 13.2 Å². The summed E-state index contributed by atoms with van der Waals surface area (Å²) in [7, 11) is 2.99. The predicted molar refractivity (Wildman–Crippen MR) is 106 cm³/mol. The van der Waals surface area contributed by atoms with Crippen molar-refractivity contribution in [3.63, 3.8) is 0 Å². The molecule has 1 aromatic carbocycles. The summed E-state index contributed by atoms with van der Waals surface area (Å²) in [4.78, 5) is 17.3. The molecule has 0 unspecified atom stereocenters. The van der Waals surface area contributed by atoms with E-state index in [9.17, 15) is 18.0 Å². The van der Waals surface area contributed by atoms with E-state index in [0.717, 1.165) is 27.3 Å². The molecule has 0 aliphatic heterocycles. The number of hydrogen-bond donors (Lipinski definition) is 1. The Labute approximate surface area is 170 Å². The van der Waals surface area contributed by atoms with E-state index in [0.29, 0.717) is 10.8 Å². The zero-order valence-electron chi connectivity index (χ0n) is 15.1. The second kappa shape index (κ2) is 7.16. The standard InChI is InChI=1S/C18H13F3N4O2S2/c1-25-16-11(14(24-25)18(19,20)21)7-13(29-16)15(26)23-17-22-12(8-28-17)9-3-5-10(27-2)6-4-9/h3-8H,1-2H3,(H,22,23,26). The van der Waals surface area contributed by atoms with E-state index >= 15 is 0 Å². The van der Waals surface area contributed by atoms with Crippen LogP contribution in [0.15, 0.2) is 35.7 Å². The van der Waals surface area contributed by atoms with E-state index < -0.39 is 17.8 Å². The van der Waals surface area contributed by atoms with Gasteiger partial charge in [0.15, 0.2) is 10.8 Å². The molecule has 3 heterocycles. The summed E-state index contributed by atoms with van der Waals surface area (Å²) in [6.07, 6.45) is -4.59. The molecule has 0 atom stereocenters. The summed E-state index contributed by atoms with van der Waals surface area (Å²) in [5.74, 6) is 0.199. The zero-order chi connectivity index (χ0) is 20.8. The average Bonchev–Trinajstić information content (AvgIpc) is 3.38.